The highest BCUT2D eigenvalue weighted by Gasteiger charge is 2.28. The van der Waals surface area contributed by atoms with Crippen LogP contribution in [0.15, 0.2) is 48.5 Å². The van der Waals surface area contributed by atoms with E-state index < -0.39 is 0 Å². The van der Waals surface area contributed by atoms with E-state index in [0.717, 1.165) is 19.5 Å². The van der Waals surface area contributed by atoms with E-state index in [4.69, 9.17) is 9.47 Å². The van der Waals surface area contributed by atoms with Crippen LogP contribution in [0.2, 0.25) is 0 Å². The second kappa shape index (κ2) is 12.7. The van der Waals surface area contributed by atoms with E-state index in [0.29, 0.717) is 36.6 Å². The van der Waals surface area contributed by atoms with Gasteiger partial charge in [-0.1, -0.05) is 44.2 Å². The van der Waals surface area contributed by atoms with Gasteiger partial charge in [0.05, 0.1) is 11.7 Å². The second-order valence-corrected chi connectivity index (χ2v) is 9.44. The number of rotatable bonds is 6. The van der Waals surface area contributed by atoms with Gasteiger partial charge in [-0.15, -0.1) is 0 Å². The Balaban J connectivity index is 1.88. The van der Waals surface area contributed by atoms with Crippen molar-refractivity contribution < 1.29 is 19.1 Å². The van der Waals surface area contributed by atoms with Gasteiger partial charge in [0.1, 0.15) is 12.4 Å². The molecule has 7 nitrogen and oxygen atoms in total. The molecule has 35 heavy (non-hydrogen) atoms. The van der Waals surface area contributed by atoms with Crippen LogP contribution in [0, 0.1) is 5.92 Å². The zero-order chi connectivity index (χ0) is 25.4. The Labute approximate surface area is 209 Å². The van der Waals surface area contributed by atoms with Crippen molar-refractivity contribution in [2.75, 3.05) is 45.7 Å². The van der Waals surface area contributed by atoms with Crippen molar-refractivity contribution in [3.63, 3.8) is 0 Å². The minimum absolute atomic E-state index is 0.101. The molecule has 0 saturated carbocycles. The van der Waals surface area contributed by atoms with Crippen molar-refractivity contribution >= 4 is 17.5 Å². The Morgan fingerprint density at radius 1 is 1.14 bits per heavy atom. The van der Waals surface area contributed by atoms with Crippen molar-refractivity contribution in [3.8, 4) is 5.75 Å². The molecule has 2 aromatic carbocycles. The maximum Gasteiger partial charge on any atom is 0.257 e. The molecule has 0 radical (unpaired) electrons. The molecule has 1 aliphatic heterocycles. The fourth-order valence-electron chi connectivity index (χ4n) is 4.41. The zero-order valence-corrected chi connectivity index (χ0v) is 21.6. The predicted molar refractivity (Wildman–Crippen MR) is 139 cm³/mol. The number of nitrogens with zero attached hydrogens (tertiary/aromatic N) is 2. The molecule has 2 amide bonds. The molecular weight excluding hydrogens is 442 g/mol. The predicted octanol–water partition coefficient (Wildman–Crippen LogP) is 4.08. The number of fused-ring (bicyclic) bond motifs is 1. The standard InChI is InChI=1S/C28H39N3O4/c1-6-27(32)29-23-12-13-25-24(16-23)28(33)30(4)18-26(34-5)20(2)17-31(21(3)19-35-25)15-14-22-10-8-7-9-11-22/h7-13,16,20-21,26H,6,14-15,17-19H2,1-5H3,(H,29,32)/t20-,21-,26-/m1/s1. The summed E-state index contributed by atoms with van der Waals surface area (Å²) < 4.78 is 12.1. The molecule has 7 heteroatoms. The largest absolute Gasteiger partial charge is 0.491 e. The quantitative estimate of drug-likeness (QED) is 0.673. The fraction of sp³-hybridized carbons (Fsp3) is 0.500. The Morgan fingerprint density at radius 3 is 2.57 bits per heavy atom. The number of likely N-dealkylation sites (N-methyl/N-ethyl adjacent to an activating group) is 1. The highest BCUT2D eigenvalue weighted by molar-refractivity contribution is 5.99. The molecule has 0 spiro atoms. The third-order valence-corrected chi connectivity index (χ3v) is 6.71. The number of hydrogen-bond acceptors (Lipinski definition) is 5. The maximum absolute atomic E-state index is 13.4. The van der Waals surface area contributed by atoms with Gasteiger partial charge >= 0.3 is 0 Å². The highest BCUT2D eigenvalue weighted by Crippen LogP contribution is 2.26. The summed E-state index contributed by atoms with van der Waals surface area (Å²) in [4.78, 5) is 29.4. The lowest BCUT2D eigenvalue weighted by molar-refractivity contribution is -0.115. The molecule has 1 aliphatic rings. The van der Waals surface area contributed by atoms with Gasteiger partial charge in [-0.25, -0.2) is 0 Å². The number of carbonyl (C=O) groups is 2. The van der Waals surface area contributed by atoms with Gasteiger partial charge in [-0.2, -0.15) is 0 Å². The first-order valence-corrected chi connectivity index (χ1v) is 12.4. The van der Waals surface area contributed by atoms with E-state index in [2.05, 4.69) is 48.3 Å². The number of ether oxygens (including phenoxy) is 2. The molecule has 3 rings (SSSR count). The van der Waals surface area contributed by atoms with Crippen LogP contribution in [-0.4, -0.2) is 74.2 Å². The number of anilines is 1. The molecule has 2 aromatic rings. The SMILES string of the molecule is CCC(=O)Nc1ccc2c(c1)C(=O)N(C)C[C@@H](OC)[C@H](C)CN(CCc1ccccc1)[C@H](C)CO2. The average molecular weight is 482 g/mol. The lowest BCUT2D eigenvalue weighted by atomic mass is 10.0. The summed E-state index contributed by atoms with van der Waals surface area (Å²) in [5.74, 6) is 0.475. The van der Waals surface area contributed by atoms with Crippen LogP contribution < -0.4 is 10.1 Å². The van der Waals surface area contributed by atoms with Crippen molar-refractivity contribution in [1.29, 1.82) is 0 Å². The van der Waals surface area contributed by atoms with E-state index in [1.54, 1.807) is 44.2 Å². The Morgan fingerprint density at radius 2 is 1.89 bits per heavy atom. The van der Waals surface area contributed by atoms with Crippen LogP contribution in [0.25, 0.3) is 0 Å². The molecule has 1 N–H and O–H groups in total. The first-order chi connectivity index (χ1) is 16.8. The maximum atomic E-state index is 13.4. The molecular formula is C28H39N3O4. The molecule has 190 valence electrons. The normalized spacial score (nSPS) is 21.9. The van der Waals surface area contributed by atoms with Crippen LogP contribution in [0.3, 0.4) is 0 Å². The van der Waals surface area contributed by atoms with E-state index in [1.165, 1.54) is 5.56 Å². The highest BCUT2D eigenvalue weighted by atomic mass is 16.5. The first kappa shape index (κ1) is 26.7. The van der Waals surface area contributed by atoms with Crippen LogP contribution >= 0.6 is 0 Å². The topological polar surface area (TPSA) is 71.1 Å². The lowest BCUT2D eigenvalue weighted by Gasteiger charge is -2.36. The third kappa shape index (κ3) is 7.29. The summed E-state index contributed by atoms with van der Waals surface area (Å²) in [5.41, 5.74) is 2.33. The number of amides is 2. The summed E-state index contributed by atoms with van der Waals surface area (Å²) in [5, 5.41) is 2.84. The Bertz CT molecular complexity index is 981. The van der Waals surface area contributed by atoms with Gasteiger partial charge in [-0.3, -0.25) is 14.5 Å². The summed E-state index contributed by atoms with van der Waals surface area (Å²) in [6, 6.07) is 15.9. The average Bonchev–Trinajstić information content (AvgIpc) is 2.87. The number of methoxy groups -OCH3 is 1. The Hall–Kier alpha value is -2.90. The molecule has 0 bridgehead atoms. The van der Waals surface area contributed by atoms with Crippen molar-refractivity contribution in [2.45, 2.75) is 45.8 Å². The van der Waals surface area contributed by atoms with Crippen LogP contribution in [0.4, 0.5) is 5.69 Å². The molecule has 0 saturated heterocycles. The molecule has 1 heterocycles. The second-order valence-electron chi connectivity index (χ2n) is 9.44. The molecule has 0 unspecified atom stereocenters. The van der Waals surface area contributed by atoms with E-state index in [1.807, 2.05) is 6.07 Å². The van der Waals surface area contributed by atoms with Crippen molar-refractivity contribution in [1.82, 2.24) is 9.80 Å². The molecule has 0 aromatic heterocycles. The summed E-state index contributed by atoms with van der Waals surface area (Å²) in [6.07, 6.45) is 1.21. The van der Waals surface area contributed by atoms with Gasteiger partial charge in [0.2, 0.25) is 5.91 Å². The molecule has 3 atom stereocenters. The lowest BCUT2D eigenvalue weighted by Crippen LogP contribution is -2.47. The van der Waals surface area contributed by atoms with Crippen LogP contribution in [0.5, 0.6) is 5.75 Å². The summed E-state index contributed by atoms with van der Waals surface area (Å²) >= 11 is 0. The number of carbonyl (C=O) groups excluding carboxylic acids is 2. The summed E-state index contributed by atoms with van der Waals surface area (Å²) in [7, 11) is 3.49. The van der Waals surface area contributed by atoms with Gasteiger partial charge in [-0.05, 0) is 43.0 Å². The minimum atomic E-state index is -0.156. The number of nitrogens with one attached hydrogen (secondary N) is 1. The van der Waals surface area contributed by atoms with Gasteiger partial charge in [0, 0.05) is 51.9 Å². The van der Waals surface area contributed by atoms with Crippen LogP contribution in [0.1, 0.15) is 43.1 Å². The zero-order valence-electron chi connectivity index (χ0n) is 21.6. The van der Waals surface area contributed by atoms with Gasteiger partial charge < -0.3 is 19.7 Å². The third-order valence-electron chi connectivity index (χ3n) is 6.71. The van der Waals surface area contributed by atoms with Crippen LogP contribution in [-0.2, 0) is 16.0 Å². The van der Waals surface area contributed by atoms with Crippen molar-refractivity contribution in [2.24, 2.45) is 5.92 Å². The van der Waals surface area contributed by atoms with E-state index in [9.17, 15) is 9.59 Å². The minimum Gasteiger partial charge on any atom is -0.491 e. The van der Waals surface area contributed by atoms with E-state index in [-0.39, 0.29) is 29.9 Å². The summed E-state index contributed by atoms with van der Waals surface area (Å²) in [6.45, 7) is 8.78. The van der Waals surface area contributed by atoms with Gasteiger partial charge in [0.15, 0.2) is 0 Å². The van der Waals surface area contributed by atoms with Gasteiger partial charge in [0.25, 0.3) is 5.91 Å². The smallest absolute Gasteiger partial charge is 0.257 e. The Kier molecular flexibility index (Phi) is 9.69. The molecule has 0 aliphatic carbocycles. The van der Waals surface area contributed by atoms with Crippen molar-refractivity contribution in [3.05, 3.63) is 59.7 Å². The number of hydrogen-bond donors (Lipinski definition) is 1. The number of benzene rings is 2. The fourth-order valence-corrected chi connectivity index (χ4v) is 4.41. The molecule has 0 fully saturated rings. The first-order valence-electron chi connectivity index (χ1n) is 12.4. The monoisotopic (exact) mass is 481 g/mol. The van der Waals surface area contributed by atoms with E-state index >= 15 is 0 Å².